The van der Waals surface area contributed by atoms with Gasteiger partial charge in [-0.1, -0.05) is 31.5 Å². The van der Waals surface area contributed by atoms with E-state index in [0.717, 1.165) is 19.0 Å². The van der Waals surface area contributed by atoms with Crippen molar-refractivity contribution >= 4 is 5.69 Å². The molecule has 1 heterocycles. The molecule has 0 saturated carbocycles. The van der Waals surface area contributed by atoms with Crippen LogP contribution in [-0.2, 0) is 6.42 Å². The van der Waals surface area contributed by atoms with Gasteiger partial charge in [0.25, 0.3) is 0 Å². The van der Waals surface area contributed by atoms with E-state index in [4.69, 9.17) is 0 Å². The summed E-state index contributed by atoms with van der Waals surface area (Å²) in [6.45, 7) is 11.4. The van der Waals surface area contributed by atoms with Crippen molar-refractivity contribution in [1.82, 2.24) is 5.32 Å². The number of nitrogens with zero attached hydrogens (tertiary/aromatic N) is 1. The molecule has 0 saturated heterocycles. The van der Waals surface area contributed by atoms with Gasteiger partial charge in [0.1, 0.15) is 0 Å². The third-order valence-corrected chi connectivity index (χ3v) is 3.78. The van der Waals surface area contributed by atoms with E-state index in [9.17, 15) is 0 Å². The molecule has 2 heteroatoms. The topological polar surface area (TPSA) is 15.3 Å². The Kier molecular flexibility index (Phi) is 5.26. The molecule has 0 fully saturated rings. The molecule has 19 heavy (non-hydrogen) atoms. The van der Waals surface area contributed by atoms with Gasteiger partial charge in [-0.3, -0.25) is 0 Å². The van der Waals surface area contributed by atoms with Crippen LogP contribution in [0, 0.1) is 12.8 Å². The van der Waals surface area contributed by atoms with E-state index in [0.29, 0.717) is 0 Å². The predicted molar refractivity (Wildman–Crippen MR) is 84.0 cm³/mol. The van der Waals surface area contributed by atoms with Gasteiger partial charge in [-0.05, 0) is 56.8 Å². The molecule has 0 unspecified atom stereocenters. The molecule has 1 aliphatic rings. The number of fused-ring (bicyclic) bond motifs is 1. The molecule has 2 rings (SSSR count). The second-order valence-electron chi connectivity index (χ2n) is 6.17. The zero-order chi connectivity index (χ0) is 13.7. The van der Waals surface area contributed by atoms with Crippen LogP contribution in [-0.4, -0.2) is 26.2 Å². The summed E-state index contributed by atoms with van der Waals surface area (Å²) in [7, 11) is 0. The van der Waals surface area contributed by atoms with Gasteiger partial charge in [-0.25, -0.2) is 0 Å². The van der Waals surface area contributed by atoms with Gasteiger partial charge in [-0.2, -0.15) is 0 Å². The zero-order valence-electron chi connectivity index (χ0n) is 12.7. The maximum Gasteiger partial charge on any atom is 0.0398 e. The molecule has 0 amide bonds. The molecule has 106 valence electrons. The summed E-state index contributed by atoms with van der Waals surface area (Å²) >= 11 is 0. The van der Waals surface area contributed by atoms with Crippen LogP contribution in [0.4, 0.5) is 5.69 Å². The summed E-state index contributed by atoms with van der Waals surface area (Å²) in [5.74, 6) is 0.749. The van der Waals surface area contributed by atoms with Crippen molar-refractivity contribution in [1.29, 1.82) is 0 Å². The Labute approximate surface area is 118 Å². The first-order chi connectivity index (χ1) is 9.16. The fourth-order valence-corrected chi connectivity index (χ4v) is 2.82. The summed E-state index contributed by atoms with van der Waals surface area (Å²) in [5, 5.41) is 3.53. The smallest absolute Gasteiger partial charge is 0.0398 e. The highest BCUT2D eigenvalue weighted by molar-refractivity contribution is 5.56. The highest BCUT2D eigenvalue weighted by Gasteiger charge is 2.15. The van der Waals surface area contributed by atoms with Gasteiger partial charge in [0, 0.05) is 18.8 Å². The van der Waals surface area contributed by atoms with Gasteiger partial charge < -0.3 is 10.2 Å². The van der Waals surface area contributed by atoms with E-state index in [1.54, 1.807) is 5.56 Å². The largest absolute Gasteiger partial charge is 0.371 e. The van der Waals surface area contributed by atoms with E-state index in [1.807, 2.05) is 0 Å². The summed E-state index contributed by atoms with van der Waals surface area (Å²) in [6.07, 6.45) is 3.79. The van der Waals surface area contributed by atoms with Crippen LogP contribution in [0.3, 0.4) is 0 Å². The standard InChI is InChI=1S/C17H28N2/c1-14(2)13-18-9-5-11-19-10-4-6-16-12-15(3)7-8-17(16)19/h7-8,12,14,18H,4-6,9-11,13H2,1-3H3. The van der Waals surface area contributed by atoms with Crippen molar-refractivity contribution < 1.29 is 0 Å². The number of anilines is 1. The molecule has 0 radical (unpaired) electrons. The Bertz CT molecular complexity index is 398. The zero-order valence-corrected chi connectivity index (χ0v) is 12.7. The quantitative estimate of drug-likeness (QED) is 0.789. The lowest BCUT2D eigenvalue weighted by atomic mass is 9.99. The lowest BCUT2D eigenvalue weighted by Gasteiger charge is -2.31. The minimum absolute atomic E-state index is 0.749. The third kappa shape index (κ3) is 4.24. The van der Waals surface area contributed by atoms with E-state index in [1.165, 1.54) is 43.6 Å². The molecule has 1 aromatic carbocycles. The Morgan fingerprint density at radius 2 is 2.16 bits per heavy atom. The molecule has 1 aliphatic heterocycles. The van der Waals surface area contributed by atoms with Crippen LogP contribution in [0.1, 0.15) is 37.8 Å². The number of benzene rings is 1. The van der Waals surface area contributed by atoms with Gasteiger partial charge in [0.15, 0.2) is 0 Å². The fraction of sp³-hybridized carbons (Fsp3) is 0.647. The highest BCUT2D eigenvalue weighted by Crippen LogP contribution is 2.27. The van der Waals surface area contributed by atoms with E-state index < -0.39 is 0 Å². The first-order valence-electron chi connectivity index (χ1n) is 7.72. The minimum Gasteiger partial charge on any atom is -0.371 e. The van der Waals surface area contributed by atoms with Crippen LogP contribution >= 0.6 is 0 Å². The van der Waals surface area contributed by atoms with Crippen LogP contribution in [0.15, 0.2) is 18.2 Å². The highest BCUT2D eigenvalue weighted by atomic mass is 15.1. The average Bonchev–Trinajstić information content (AvgIpc) is 2.37. The van der Waals surface area contributed by atoms with Crippen molar-refractivity contribution in [2.24, 2.45) is 5.92 Å². The molecule has 2 nitrogen and oxygen atoms in total. The molecular formula is C17H28N2. The molecule has 0 spiro atoms. The van der Waals surface area contributed by atoms with Crippen LogP contribution in [0.25, 0.3) is 0 Å². The number of hydrogen-bond acceptors (Lipinski definition) is 2. The lowest BCUT2D eigenvalue weighted by molar-refractivity contribution is 0.538. The van der Waals surface area contributed by atoms with Crippen molar-refractivity contribution in [3.8, 4) is 0 Å². The van der Waals surface area contributed by atoms with Crippen molar-refractivity contribution in [2.45, 2.75) is 40.0 Å². The predicted octanol–water partition coefficient (Wildman–Crippen LogP) is 3.38. The van der Waals surface area contributed by atoms with Gasteiger partial charge in [-0.15, -0.1) is 0 Å². The monoisotopic (exact) mass is 260 g/mol. The van der Waals surface area contributed by atoms with Crippen molar-refractivity contribution in [2.75, 3.05) is 31.1 Å². The van der Waals surface area contributed by atoms with Crippen molar-refractivity contribution in [3.63, 3.8) is 0 Å². The molecule has 0 aliphatic carbocycles. The molecule has 1 N–H and O–H groups in total. The molecule has 1 aromatic rings. The SMILES string of the molecule is Cc1ccc2c(c1)CCCN2CCCNCC(C)C. The fourth-order valence-electron chi connectivity index (χ4n) is 2.82. The lowest BCUT2D eigenvalue weighted by Crippen LogP contribution is -2.32. The first kappa shape index (κ1) is 14.4. The van der Waals surface area contributed by atoms with E-state index in [-0.39, 0.29) is 0 Å². The summed E-state index contributed by atoms with van der Waals surface area (Å²) < 4.78 is 0. The van der Waals surface area contributed by atoms with Crippen LogP contribution in [0.5, 0.6) is 0 Å². The summed E-state index contributed by atoms with van der Waals surface area (Å²) in [5.41, 5.74) is 4.40. The number of rotatable bonds is 6. The molecule has 0 bridgehead atoms. The maximum absolute atomic E-state index is 3.53. The molecule has 0 atom stereocenters. The van der Waals surface area contributed by atoms with Crippen molar-refractivity contribution in [3.05, 3.63) is 29.3 Å². The Morgan fingerprint density at radius 1 is 1.32 bits per heavy atom. The second-order valence-corrected chi connectivity index (χ2v) is 6.17. The number of nitrogens with one attached hydrogen (secondary N) is 1. The molecule has 0 aromatic heterocycles. The molecular weight excluding hydrogens is 232 g/mol. The Morgan fingerprint density at radius 3 is 2.95 bits per heavy atom. The second kappa shape index (κ2) is 6.95. The third-order valence-electron chi connectivity index (χ3n) is 3.78. The average molecular weight is 260 g/mol. The normalized spacial score (nSPS) is 14.8. The van der Waals surface area contributed by atoms with Crippen LogP contribution in [0.2, 0.25) is 0 Å². The van der Waals surface area contributed by atoms with Crippen LogP contribution < -0.4 is 10.2 Å². The number of hydrogen-bond donors (Lipinski definition) is 1. The summed E-state index contributed by atoms with van der Waals surface area (Å²) in [4.78, 5) is 2.56. The van der Waals surface area contributed by atoms with Gasteiger partial charge in [0.05, 0.1) is 0 Å². The minimum atomic E-state index is 0.749. The Hall–Kier alpha value is -1.02. The number of aryl methyl sites for hydroxylation is 2. The summed E-state index contributed by atoms with van der Waals surface area (Å²) in [6, 6.07) is 6.91. The van der Waals surface area contributed by atoms with E-state index in [2.05, 4.69) is 49.2 Å². The van der Waals surface area contributed by atoms with Gasteiger partial charge >= 0.3 is 0 Å². The van der Waals surface area contributed by atoms with Gasteiger partial charge in [0.2, 0.25) is 0 Å². The maximum atomic E-state index is 3.53. The van der Waals surface area contributed by atoms with E-state index >= 15 is 0 Å². The Balaban J connectivity index is 1.82. The first-order valence-corrected chi connectivity index (χ1v) is 7.72.